The SMILES string of the molecule is Nc1ccc(Cl)c(NC(=O)CSc2ccc(F)c(F)c2)c1. The molecule has 110 valence electrons. The van der Waals surface area contributed by atoms with Crippen molar-refractivity contribution >= 4 is 40.6 Å². The smallest absolute Gasteiger partial charge is 0.234 e. The van der Waals surface area contributed by atoms with Gasteiger partial charge in [-0.25, -0.2) is 8.78 Å². The van der Waals surface area contributed by atoms with E-state index < -0.39 is 11.6 Å². The van der Waals surface area contributed by atoms with Gasteiger partial charge in [-0.2, -0.15) is 0 Å². The van der Waals surface area contributed by atoms with Crippen LogP contribution in [0.4, 0.5) is 20.2 Å². The molecule has 0 aliphatic heterocycles. The van der Waals surface area contributed by atoms with Gasteiger partial charge in [0.2, 0.25) is 5.91 Å². The fraction of sp³-hybridized carbons (Fsp3) is 0.0714. The van der Waals surface area contributed by atoms with Crippen molar-refractivity contribution in [1.29, 1.82) is 0 Å². The number of nitrogen functional groups attached to an aromatic ring is 1. The van der Waals surface area contributed by atoms with Gasteiger partial charge >= 0.3 is 0 Å². The molecule has 2 aromatic carbocycles. The molecule has 2 rings (SSSR count). The minimum absolute atomic E-state index is 0.0379. The Bertz CT molecular complexity index is 682. The van der Waals surface area contributed by atoms with Gasteiger partial charge in [0.05, 0.1) is 16.5 Å². The first-order valence-corrected chi connectivity index (χ1v) is 7.25. The normalized spacial score (nSPS) is 10.4. The maximum Gasteiger partial charge on any atom is 0.234 e. The van der Waals surface area contributed by atoms with E-state index in [4.69, 9.17) is 17.3 Å². The van der Waals surface area contributed by atoms with Crippen LogP contribution < -0.4 is 11.1 Å². The average Bonchev–Trinajstić information content (AvgIpc) is 2.44. The Labute approximate surface area is 129 Å². The lowest BCUT2D eigenvalue weighted by molar-refractivity contribution is -0.113. The minimum atomic E-state index is -0.945. The Morgan fingerprint density at radius 2 is 1.95 bits per heavy atom. The Morgan fingerprint density at radius 1 is 1.19 bits per heavy atom. The van der Waals surface area contributed by atoms with Crippen LogP contribution in [0.3, 0.4) is 0 Å². The predicted molar refractivity (Wildman–Crippen MR) is 81.6 cm³/mol. The number of halogens is 3. The van der Waals surface area contributed by atoms with Gasteiger partial charge in [-0.1, -0.05) is 11.6 Å². The van der Waals surface area contributed by atoms with Crippen LogP contribution in [0.25, 0.3) is 0 Å². The van der Waals surface area contributed by atoms with Gasteiger partial charge in [-0.15, -0.1) is 11.8 Å². The molecule has 0 heterocycles. The first-order chi connectivity index (χ1) is 9.95. The van der Waals surface area contributed by atoms with Crippen molar-refractivity contribution < 1.29 is 13.6 Å². The van der Waals surface area contributed by atoms with Crippen molar-refractivity contribution in [3.63, 3.8) is 0 Å². The second-order valence-corrected chi connectivity index (χ2v) is 5.61. The molecule has 0 spiro atoms. The number of anilines is 2. The molecule has 0 aromatic heterocycles. The number of nitrogens with one attached hydrogen (secondary N) is 1. The minimum Gasteiger partial charge on any atom is -0.399 e. The van der Waals surface area contributed by atoms with Crippen molar-refractivity contribution in [3.05, 3.63) is 53.1 Å². The number of amides is 1. The maximum absolute atomic E-state index is 13.0. The molecular weight excluding hydrogens is 318 g/mol. The Kier molecular flexibility index (Phi) is 5.03. The third-order valence-electron chi connectivity index (χ3n) is 2.53. The van der Waals surface area contributed by atoms with E-state index in [0.717, 1.165) is 23.9 Å². The van der Waals surface area contributed by atoms with E-state index in [-0.39, 0.29) is 11.7 Å². The number of rotatable bonds is 4. The second kappa shape index (κ2) is 6.78. The van der Waals surface area contributed by atoms with E-state index in [2.05, 4.69) is 5.32 Å². The fourth-order valence-corrected chi connectivity index (χ4v) is 2.43. The lowest BCUT2D eigenvalue weighted by Crippen LogP contribution is -2.14. The zero-order valence-electron chi connectivity index (χ0n) is 10.7. The van der Waals surface area contributed by atoms with E-state index in [0.29, 0.717) is 21.3 Å². The highest BCUT2D eigenvalue weighted by Crippen LogP contribution is 2.25. The summed E-state index contributed by atoms with van der Waals surface area (Å²) in [5.41, 5.74) is 6.49. The summed E-state index contributed by atoms with van der Waals surface area (Å²) in [4.78, 5) is 12.3. The zero-order chi connectivity index (χ0) is 15.4. The molecular formula is C14H11ClF2N2OS. The first kappa shape index (κ1) is 15.6. The first-order valence-electron chi connectivity index (χ1n) is 5.88. The quantitative estimate of drug-likeness (QED) is 0.660. The van der Waals surface area contributed by atoms with Crippen molar-refractivity contribution in [2.75, 3.05) is 16.8 Å². The van der Waals surface area contributed by atoms with Gasteiger partial charge in [-0.05, 0) is 36.4 Å². The zero-order valence-corrected chi connectivity index (χ0v) is 12.3. The van der Waals surface area contributed by atoms with Crippen molar-refractivity contribution in [3.8, 4) is 0 Å². The third-order valence-corrected chi connectivity index (χ3v) is 3.85. The molecule has 0 saturated heterocycles. The summed E-state index contributed by atoms with van der Waals surface area (Å²) in [5.74, 6) is -2.15. The van der Waals surface area contributed by atoms with Gasteiger partial charge in [-0.3, -0.25) is 4.79 Å². The number of thioether (sulfide) groups is 1. The molecule has 0 atom stereocenters. The van der Waals surface area contributed by atoms with Crippen molar-refractivity contribution in [2.24, 2.45) is 0 Å². The molecule has 2 aromatic rings. The number of carbonyl (C=O) groups is 1. The summed E-state index contributed by atoms with van der Waals surface area (Å²) >= 11 is 7.01. The average molecular weight is 329 g/mol. The van der Waals surface area contributed by atoms with Gasteiger partial charge in [0.15, 0.2) is 11.6 Å². The summed E-state index contributed by atoms with van der Waals surface area (Å²) in [5, 5.41) is 2.98. The summed E-state index contributed by atoms with van der Waals surface area (Å²) in [6, 6.07) is 8.21. The number of hydrogen-bond acceptors (Lipinski definition) is 3. The molecule has 0 aliphatic rings. The maximum atomic E-state index is 13.0. The van der Waals surface area contributed by atoms with Crippen molar-refractivity contribution in [1.82, 2.24) is 0 Å². The molecule has 0 aliphatic carbocycles. The lowest BCUT2D eigenvalue weighted by atomic mass is 10.3. The van der Waals surface area contributed by atoms with Crippen LogP contribution in [0.2, 0.25) is 5.02 Å². The summed E-state index contributed by atoms with van der Waals surface area (Å²) in [6.07, 6.45) is 0. The molecule has 0 fully saturated rings. The van der Waals surface area contributed by atoms with Crippen LogP contribution in [-0.4, -0.2) is 11.7 Å². The highest BCUT2D eigenvalue weighted by Gasteiger charge is 2.08. The number of nitrogens with two attached hydrogens (primary N) is 1. The van der Waals surface area contributed by atoms with Crippen LogP contribution >= 0.6 is 23.4 Å². The van der Waals surface area contributed by atoms with Crippen LogP contribution in [0.15, 0.2) is 41.3 Å². The summed E-state index contributed by atoms with van der Waals surface area (Å²) in [6.45, 7) is 0. The highest BCUT2D eigenvalue weighted by molar-refractivity contribution is 8.00. The second-order valence-electron chi connectivity index (χ2n) is 4.15. The Morgan fingerprint density at radius 3 is 2.67 bits per heavy atom. The molecule has 21 heavy (non-hydrogen) atoms. The van der Waals surface area contributed by atoms with E-state index in [1.807, 2.05) is 0 Å². The Hall–Kier alpha value is -1.79. The van der Waals surface area contributed by atoms with Gasteiger partial charge < -0.3 is 11.1 Å². The summed E-state index contributed by atoms with van der Waals surface area (Å²) < 4.78 is 25.8. The Balaban J connectivity index is 1.95. The molecule has 0 unspecified atom stereocenters. The van der Waals surface area contributed by atoms with Crippen LogP contribution in [0, 0.1) is 11.6 Å². The molecule has 3 N–H and O–H groups in total. The van der Waals surface area contributed by atoms with Crippen molar-refractivity contribution in [2.45, 2.75) is 4.90 Å². The van der Waals surface area contributed by atoms with E-state index in [1.165, 1.54) is 6.07 Å². The molecule has 0 saturated carbocycles. The third kappa shape index (κ3) is 4.34. The van der Waals surface area contributed by atoms with Gasteiger partial charge in [0.25, 0.3) is 0 Å². The van der Waals surface area contributed by atoms with E-state index in [1.54, 1.807) is 18.2 Å². The number of carbonyl (C=O) groups excluding carboxylic acids is 1. The largest absolute Gasteiger partial charge is 0.399 e. The fourth-order valence-electron chi connectivity index (χ4n) is 1.54. The van der Waals surface area contributed by atoms with E-state index >= 15 is 0 Å². The van der Waals surface area contributed by atoms with Crippen LogP contribution in [-0.2, 0) is 4.79 Å². The standard InChI is InChI=1S/C14H11ClF2N2OS/c15-10-3-1-8(18)5-13(10)19-14(20)7-21-9-2-4-11(16)12(17)6-9/h1-6H,7,18H2,(H,19,20). The predicted octanol–water partition coefficient (Wildman–Crippen LogP) is 3.93. The number of benzene rings is 2. The van der Waals surface area contributed by atoms with Crippen LogP contribution in [0.1, 0.15) is 0 Å². The molecule has 0 bridgehead atoms. The molecule has 1 amide bonds. The van der Waals surface area contributed by atoms with Crippen LogP contribution in [0.5, 0.6) is 0 Å². The highest BCUT2D eigenvalue weighted by atomic mass is 35.5. The molecule has 7 heteroatoms. The molecule has 3 nitrogen and oxygen atoms in total. The molecule has 0 radical (unpaired) electrons. The van der Waals surface area contributed by atoms with Gasteiger partial charge in [0, 0.05) is 10.6 Å². The monoisotopic (exact) mass is 328 g/mol. The topological polar surface area (TPSA) is 55.1 Å². The summed E-state index contributed by atoms with van der Waals surface area (Å²) in [7, 11) is 0. The van der Waals surface area contributed by atoms with E-state index in [9.17, 15) is 13.6 Å². The lowest BCUT2D eigenvalue weighted by Gasteiger charge is -2.08. The van der Waals surface area contributed by atoms with Gasteiger partial charge in [0.1, 0.15) is 0 Å². The number of hydrogen-bond donors (Lipinski definition) is 2.